The maximum absolute atomic E-state index is 12.6. The number of benzene rings is 2. The van der Waals surface area contributed by atoms with Crippen LogP contribution >= 0.6 is 0 Å². The summed E-state index contributed by atoms with van der Waals surface area (Å²) in [6.45, 7) is 9.48. The molecule has 0 atom stereocenters. The van der Waals surface area contributed by atoms with E-state index in [-0.39, 0.29) is 11.8 Å². The molecule has 5 rings (SSSR count). The highest BCUT2D eigenvalue weighted by Gasteiger charge is 2.39. The van der Waals surface area contributed by atoms with Crippen LogP contribution in [-0.4, -0.2) is 73.6 Å². The lowest BCUT2D eigenvalue weighted by atomic mass is 10.1. The van der Waals surface area contributed by atoms with Crippen LogP contribution < -0.4 is 15.4 Å². The van der Waals surface area contributed by atoms with Gasteiger partial charge in [0.25, 0.3) is 11.8 Å². The van der Waals surface area contributed by atoms with Gasteiger partial charge in [-0.15, -0.1) is 0 Å². The Morgan fingerprint density at radius 3 is 2.07 bits per heavy atom. The number of carbonyl (C=O) groups excluding carboxylic acids is 2. The highest BCUT2D eigenvalue weighted by molar-refractivity contribution is 6.04. The average Bonchev–Trinajstić information content (AvgIpc) is 2.76. The third-order valence-corrected chi connectivity index (χ3v) is 6.00. The quantitative estimate of drug-likeness (QED) is 0.689. The van der Waals surface area contributed by atoms with E-state index in [0.717, 1.165) is 49.5 Å². The Morgan fingerprint density at radius 1 is 0.900 bits per heavy atom. The van der Waals surface area contributed by atoms with E-state index in [4.69, 9.17) is 4.74 Å². The van der Waals surface area contributed by atoms with Crippen LogP contribution in [0.5, 0.6) is 5.75 Å². The minimum atomic E-state index is -0.193. The highest BCUT2D eigenvalue weighted by atomic mass is 16.5. The van der Waals surface area contributed by atoms with E-state index in [0.29, 0.717) is 30.1 Å². The molecular weight excluding hydrogens is 380 g/mol. The minimum absolute atomic E-state index is 0.0388. The van der Waals surface area contributed by atoms with Gasteiger partial charge in [-0.3, -0.25) is 14.5 Å². The summed E-state index contributed by atoms with van der Waals surface area (Å²) in [6, 6.07) is 14.3. The van der Waals surface area contributed by atoms with Crippen LogP contribution in [0.2, 0.25) is 0 Å². The summed E-state index contributed by atoms with van der Waals surface area (Å²) < 4.78 is 6.30. The third kappa shape index (κ3) is 4.80. The third-order valence-electron chi connectivity index (χ3n) is 6.00. The van der Waals surface area contributed by atoms with Gasteiger partial charge in [-0.2, -0.15) is 0 Å². The number of piperazine rings is 3. The minimum Gasteiger partial charge on any atom is -0.494 e. The number of fused-ring (bicyclic) bond motifs is 3. The molecule has 7 heteroatoms. The number of quaternary nitrogens is 1. The summed E-state index contributed by atoms with van der Waals surface area (Å²) in [5, 5.41) is 5.86. The van der Waals surface area contributed by atoms with Crippen molar-refractivity contribution in [3.63, 3.8) is 0 Å². The second-order valence-electron chi connectivity index (χ2n) is 8.05. The molecule has 158 valence electrons. The zero-order chi connectivity index (χ0) is 21.0. The van der Waals surface area contributed by atoms with Crippen molar-refractivity contribution >= 4 is 23.2 Å². The predicted molar refractivity (Wildman–Crippen MR) is 117 cm³/mol. The van der Waals surface area contributed by atoms with Gasteiger partial charge < -0.3 is 19.9 Å². The number of ether oxygens (including phenoxy) is 1. The van der Waals surface area contributed by atoms with Crippen molar-refractivity contribution in [2.45, 2.75) is 6.92 Å². The summed E-state index contributed by atoms with van der Waals surface area (Å²) >= 11 is 0. The molecule has 0 saturated carbocycles. The van der Waals surface area contributed by atoms with Crippen molar-refractivity contribution in [2.75, 3.05) is 63.1 Å². The van der Waals surface area contributed by atoms with Gasteiger partial charge in [0.1, 0.15) is 5.75 Å². The van der Waals surface area contributed by atoms with Crippen molar-refractivity contribution < 1.29 is 18.8 Å². The van der Waals surface area contributed by atoms with Crippen molar-refractivity contribution in [3.05, 3.63) is 54.1 Å². The predicted octanol–water partition coefficient (Wildman–Crippen LogP) is 2.42. The summed E-state index contributed by atoms with van der Waals surface area (Å²) in [5.41, 5.74) is 1.96. The Balaban J connectivity index is 1.31. The van der Waals surface area contributed by atoms with Gasteiger partial charge in [0.2, 0.25) is 0 Å². The number of nitrogens with one attached hydrogen (secondary N) is 2. The number of carbonyl (C=O) groups is 2. The van der Waals surface area contributed by atoms with Gasteiger partial charge in [-0.1, -0.05) is 0 Å². The fourth-order valence-electron chi connectivity index (χ4n) is 4.18. The van der Waals surface area contributed by atoms with Crippen molar-refractivity contribution in [1.29, 1.82) is 0 Å². The van der Waals surface area contributed by atoms with E-state index in [1.165, 1.54) is 0 Å². The zero-order valence-electron chi connectivity index (χ0n) is 17.4. The van der Waals surface area contributed by atoms with Crippen LogP contribution in [0.25, 0.3) is 0 Å². The smallest absolute Gasteiger partial charge is 0.279 e. The number of rotatable bonds is 7. The summed E-state index contributed by atoms with van der Waals surface area (Å²) in [7, 11) is 0. The SMILES string of the molecule is CCOc1ccc(NC(=O)c2ccc(NC(=O)C[N+]34CCN(CC3)CC4)cc2)cc1. The molecule has 3 heterocycles. The topological polar surface area (TPSA) is 70.7 Å². The maximum atomic E-state index is 12.6. The van der Waals surface area contributed by atoms with E-state index in [2.05, 4.69) is 15.5 Å². The number of nitrogens with zero attached hydrogens (tertiary/aromatic N) is 2. The monoisotopic (exact) mass is 409 g/mol. The standard InChI is InChI=1S/C23H28N4O3/c1-2-30-21-9-7-20(8-10-21)25-23(29)18-3-5-19(6-4-18)24-22(28)17-27-14-11-26(12-15-27)13-16-27/h3-10H,2,11-17H2,1H3,(H-,24,25,28,29)/p+1. The van der Waals surface area contributed by atoms with Crippen molar-refractivity contribution in [2.24, 2.45) is 0 Å². The molecule has 2 amide bonds. The molecule has 2 aromatic carbocycles. The van der Waals surface area contributed by atoms with E-state index >= 15 is 0 Å². The molecule has 30 heavy (non-hydrogen) atoms. The number of hydrogen-bond donors (Lipinski definition) is 2. The molecule has 2 N–H and O–H groups in total. The van der Waals surface area contributed by atoms with Gasteiger partial charge in [-0.05, 0) is 55.5 Å². The van der Waals surface area contributed by atoms with Crippen molar-refractivity contribution in [1.82, 2.24) is 4.90 Å². The number of hydrogen-bond acceptors (Lipinski definition) is 4. The lowest BCUT2D eigenvalue weighted by Crippen LogP contribution is -2.68. The van der Waals surface area contributed by atoms with Crippen LogP contribution in [0.4, 0.5) is 11.4 Å². The molecule has 0 spiro atoms. The summed E-state index contributed by atoms with van der Waals surface area (Å²) in [6.07, 6.45) is 0. The lowest BCUT2D eigenvalue weighted by Gasteiger charge is -2.50. The summed E-state index contributed by atoms with van der Waals surface area (Å²) in [5.74, 6) is 0.617. The van der Waals surface area contributed by atoms with Gasteiger partial charge >= 0.3 is 0 Å². The van der Waals surface area contributed by atoms with Crippen LogP contribution in [0.15, 0.2) is 48.5 Å². The number of anilines is 2. The molecule has 0 aromatic heterocycles. The van der Waals surface area contributed by atoms with E-state index in [1.54, 1.807) is 24.3 Å². The lowest BCUT2D eigenvalue weighted by molar-refractivity contribution is -0.933. The first-order chi connectivity index (χ1) is 14.5. The maximum Gasteiger partial charge on any atom is 0.279 e. The summed E-state index contributed by atoms with van der Waals surface area (Å²) in [4.78, 5) is 27.5. The van der Waals surface area contributed by atoms with Gasteiger partial charge in [-0.25, -0.2) is 0 Å². The Kier molecular flexibility index (Phi) is 6.01. The molecule has 3 aliphatic rings. The largest absolute Gasteiger partial charge is 0.494 e. The molecule has 3 saturated heterocycles. The van der Waals surface area contributed by atoms with Gasteiger partial charge in [0.05, 0.1) is 26.2 Å². The second-order valence-corrected chi connectivity index (χ2v) is 8.05. The zero-order valence-corrected chi connectivity index (χ0v) is 17.4. The highest BCUT2D eigenvalue weighted by Crippen LogP contribution is 2.20. The Bertz CT molecular complexity index is 874. The second kappa shape index (κ2) is 8.85. The van der Waals surface area contributed by atoms with Crippen molar-refractivity contribution in [3.8, 4) is 5.75 Å². The van der Waals surface area contributed by atoms with E-state index in [9.17, 15) is 9.59 Å². The van der Waals surface area contributed by atoms with E-state index < -0.39 is 0 Å². The first-order valence-corrected chi connectivity index (χ1v) is 10.6. The normalized spacial score (nSPS) is 22.4. The Labute approximate surface area is 177 Å². The number of amides is 2. The van der Waals surface area contributed by atoms with E-state index in [1.807, 2.05) is 31.2 Å². The van der Waals surface area contributed by atoms with Gasteiger partial charge in [0.15, 0.2) is 6.54 Å². The molecule has 0 aliphatic carbocycles. The van der Waals surface area contributed by atoms with Crippen LogP contribution in [-0.2, 0) is 4.79 Å². The first-order valence-electron chi connectivity index (χ1n) is 10.6. The average molecular weight is 410 g/mol. The molecule has 3 aliphatic heterocycles. The molecule has 3 fully saturated rings. The molecule has 0 radical (unpaired) electrons. The fourth-order valence-corrected chi connectivity index (χ4v) is 4.18. The Hall–Kier alpha value is -2.90. The van der Waals surface area contributed by atoms with Crippen LogP contribution in [0.1, 0.15) is 17.3 Å². The van der Waals surface area contributed by atoms with Gasteiger partial charge in [0, 0.05) is 36.6 Å². The fraction of sp³-hybridized carbons (Fsp3) is 0.391. The first kappa shape index (κ1) is 20.4. The molecular formula is C23H29N4O3+. The van der Waals surface area contributed by atoms with Crippen LogP contribution in [0.3, 0.4) is 0 Å². The molecule has 0 unspecified atom stereocenters. The molecule has 7 nitrogen and oxygen atoms in total. The van der Waals surface area contributed by atoms with Crippen LogP contribution in [0, 0.1) is 0 Å². The Morgan fingerprint density at radius 2 is 1.47 bits per heavy atom. The molecule has 2 bridgehead atoms. The molecule has 2 aromatic rings.